The molecule has 2 aromatic heterocycles. The van der Waals surface area contributed by atoms with Crippen molar-refractivity contribution in [1.82, 2.24) is 14.7 Å². The molecule has 1 saturated heterocycles. The van der Waals surface area contributed by atoms with E-state index in [9.17, 15) is 8.42 Å². The normalized spacial score (nSPS) is 17.5. The standard InChI is InChI=1S/C12H17N5O2S2/c1-21(18,19)16-8-2-4-17(5-3-8)11-6-10-9(7-14-11)15-12(13)20-10/h6-8,16H,2-5H2,1H3,(H2,13,15). The Morgan fingerprint density at radius 1 is 1.43 bits per heavy atom. The Morgan fingerprint density at radius 2 is 2.14 bits per heavy atom. The summed E-state index contributed by atoms with van der Waals surface area (Å²) in [6.07, 6.45) is 4.48. The Bertz CT molecular complexity index is 750. The summed E-state index contributed by atoms with van der Waals surface area (Å²) in [5, 5.41) is 0.542. The van der Waals surface area contributed by atoms with Gasteiger partial charge in [-0.15, -0.1) is 0 Å². The molecule has 0 atom stereocenters. The van der Waals surface area contributed by atoms with Crippen LogP contribution in [0.15, 0.2) is 12.3 Å². The number of nitrogens with zero attached hydrogens (tertiary/aromatic N) is 3. The highest BCUT2D eigenvalue weighted by Gasteiger charge is 2.22. The average molecular weight is 327 g/mol. The van der Waals surface area contributed by atoms with Gasteiger partial charge in [0, 0.05) is 25.2 Å². The van der Waals surface area contributed by atoms with Crippen LogP contribution in [-0.4, -0.2) is 43.8 Å². The van der Waals surface area contributed by atoms with E-state index < -0.39 is 10.0 Å². The van der Waals surface area contributed by atoms with Crippen LogP contribution in [0.2, 0.25) is 0 Å². The molecule has 0 saturated carbocycles. The summed E-state index contributed by atoms with van der Waals surface area (Å²) in [6.45, 7) is 1.56. The first-order chi connectivity index (χ1) is 9.90. The van der Waals surface area contributed by atoms with Gasteiger partial charge in [-0.25, -0.2) is 23.1 Å². The predicted molar refractivity (Wildman–Crippen MR) is 85.0 cm³/mol. The Labute approximate surface area is 127 Å². The lowest BCUT2D eigenvalue weighted by Gasteiger charge is -2.32. The van der Waals surface area contributed by atoms with E-state index in [2.05, 4.69) is 19.6 Å². The number of hydrogen-bond donors (Lipinski definition) is 2. The van der Waals surface area contributed by atoms with E-state index in [1.807, 2.05) is 6.07 Å². The van der Waals surface area contributed by atoms with Crippen molar-refractivity contribution in [1.29, 1.82) is 0 Å². The van der Waals surface area contributed by atoms with E-state index in [0.29, 0.717) is 5.13 Å². The molecule has 0 bridgehead atoms. The van der Waals surface area contributed by atoms with Crippen molar-refractivity contribution in [3.8, 4) is 0 Å². The van der Waals surface area contributed by atoms with Crippen LogP contribution in [0.4, 0.5) is 10.9 Å². The highest BCUT2D eigenvalue weighted by Crippen LogP contribution is 2.27. The maximum atomic E-state index is 11.2. The average Bonchev–Trinajstić information content (AvgIpc) is 2.76. The molecule has 114 valence electrons. The van der Waals surface area contributed by atoms with Crippen LogP contribution < -0.4 is 15.4 Å². The molecule has 7 nitrogen and oxygen atoms in total. The van der Waals surface area contributed by atoms with Crippen LogP contribution in [0.1, 0.15) is 12.8 Å². The molecule has 0 aromatic carbocycles. The van der Waals surface area contributed by atoms with Gasteiger partial charge in [0.05, 0.1) is 17.2 Å². The maximum Gasteiger partial charge on any atom is 0.208 e. The molecule has 1 fully saturated rings. The summed E-state index contributed by atoms with van der Waals surface area (Å²) in [7, 11) is -3.14. The van der Waals surface area contributed by atoms with Gasteiger partial charge in [-0.1, -0.05) is 11.3 Å². The van der Waals surface area contributed by atoms with Gasteiger partial charge in [-0.3, -0.25) is 0 Å². The van der Waals surface area contributed by atoms with Crippen molar-refractivity contribution in [2.45, 2.75) is 18.9 Å². The summed E-state index contributed by atoms with van der Waals surface area (Å²) in [4.78, 5) is 10.8. The zero-order chi connectivity index (χ0) is 15.0. The number of nitrogen functional groups attached to an aromatic ring is 1. The minimum absolute atomic E-state index is 0.0130. The smallest absolute Gasteiger partial charge is 0.208 e. The number of aromatic nitrogens is 2. The third-order valence-electron chi connectivity index (χ3n) is 3.48. The van der Waals surface area contributed by atoms with E-state index in [4.69, 9.17) is 5.73 Å². The molecule has 0 radical (unpaired) electrons. The Morgan fingerprint density at radius 3 is 2.81 bits per heavy atom. The van der Waals surface area contributed by atoms with Crippen LogP contribution >= 0.6 is 11.3 Å². The first-order valence-electron chi connectivity index (χ1n) is 6.65. The molecule has 3 N–H and O–H groups in total. The molecule has 0 aliphatic carbocycles. The van der Waals surface area contributed by atoms with E-state index in [1.54, 1.807) is 6.20 Å². The molecule has 3 heterocycles. The van der Waals surface area contributed by atoms with E-state index in [0.717, 1.165) is 42.0 Å². The molecule has 2 aromatic rings. The molecule has 3 rings (SSSR count). The third kappa shape index (κ3) is 3.42. The summed E-state index contributed by atoms with van der Waals surface area (Å²) < 4.78 is 26.2. The lowest BCUT2D eigenvalue weighted by molar-refractivity contribution is 0.460. The van der Waals surface area contributed by atoms with Gasteiger partial charge in [0.15, 0.2) is 5.13 Å². The Balaban J connectivity index is 1.70. The number of rotatable bonds is 3. The molecule has 1 aliphatic rings. The third-order valence-corrected chi connectivity index (χ3v) is 5.09. The highest BCUT2D eigenvalue weighted by molar-refractivity contribution is 7.88. The zero-order valence-electron chi connectivity index (χ0n) is 11.6. The van der Waals surface area contributed by atoms with Gasteiger partial charge in [0.1, 0.15) is 11.3 Å². The lowest BCUT2D eigenvalue weighted by atomic mass is 10.1. The van der Waals surface area contributed by atoms with Gasteiger partial charge in [-0.05, 0) is 12.8 Å². The number of sulfonamides is 1. The van der Waals surface area contributed by atoms with Crippen molar-refractivity contribution in [3.63, 3.8) is 0 Å². The van der Waals surface area contributed by atoms with Gasteiger partial charge in [0.25, 0.3) is 0 Å². The van der Waals surface area contributed by atoms with Gasteiger partial charge in [-0.2, -0.15) is 0 Å². The van der Waals surface area contributed by atoms with E-state index in [-0.39, 0.29) is 6.04 Å². The van der Waals surface area contributed by atoms with Crippen LogP contribution in [0.5, 0.6) is 0 Å². The number of thiazole rings is 1. The SMILES string of the molecule is CS(=O)(=O)NC1CCN(c2cc3sc(N)nc3cn2)CC1. The molecule has 0 spiro atoms. The van der Waals surface area contributed by atoms with E-state index in [1.165, 1.54) is 17.6 Å². The van der Waals surface area contributed by atoms with Crippen LogP contribution in [0.25, 0.3) is 10.2 Å². The van der Waals surface area contributed by atoms with Crippen molar-refractivity contribution >= 4 is 42.5 Å². The van der Waals surface area contributed by atoms with Crippen LogP contribution in [0.3, 0.4) is 0 Å². The van der Waals surface area contributed by atoms with Gasteiger partial charge in [0.2, 0.25) is 10.0 Å². The molecule has 21 heavy (non-hydrogen) atoms. The largest absolute Gasteiger partial charge is 0.375 e. The second-order valence-electron chi connectivity index (χ2n) is 5.21. The topological polar surface area (TPSA) is 101 Å². The molecular formula is C12H17N5O2S2. The summed E-state index contributed by atoms with van der Waals surface area (Å²) in [5.74, 6) is 0.893. The zero-order valence-corrected chi connectivity index (χ0v) is 13.2. The first-order valence-corrected chi connectivity index (χ1v) is 9.36. The van der Waals surface area contributed by atoms with E-state index >= 15 is 0 Å². The summed E-state index contributed by atoms with van der Waals surface area (Å²) >= 11 is 1.45. The quantitative estimate of drug-likeness (QED) is 0.864. The van der Waals surface area contributed by atoms with Crippen LogP contribution in [0, 0.1) is 0 Å². The first kappa shape index (κ1) is 14.5. The minimum Gasteiger partial charge on any atom is -0.375 e. The second kappa shape index (κ2) is 5.39. The highest BCUT2D eigenvalue weighted by atomic mass is 32.2. The van der Waals surface area contributed by atoms with Gasteiger partial charge < -0.3 is 10.6 Å². The van der Waals surface area contributed by atoms with Gasteiger partial charge >= 0.3 is 0 Å². The molecular weight excluding hydrogens is 310 g/mol. The van der Waals surface area contributed by atoms with Crippen molar-refractivity contribution in [2.75, 3.05) is 30.0 Å². The lowest BCUT2D eigenvalue weighted by Crippen LogP contribution is -2.44. The molecule has 0 amide bonds. The summed E-state index contributed by atoms with van der Waals surface area (Å²) in [6, 6.07) is 2.01. The Hall–Kier alpha value is -1.45. The monoisotopic (exact) mass is 327 g/mol. The molecule has 9 heteroatoms. The fraction of sp³-hybridized carbons (Fsp3) is 0.500. The number of anilines is 2. The summed E-state index contributed by atoms with van der Waals surface area (Å²) in [5.41, 5.74) is 6.51. The number of hydrogen-bond acceptors (Lipinski definition) is 7. The number of pyridine rings is 1. The Kier molecular flexibility index (Phi) is 3.72. The van der Waals surface area contributed by atoms with Crippen molar-refractivity contribution in [2.24, 2.45) is 0 Å². The number of fused-ring (bicyclic) bond motifs is 1. The van der Waals surface area contributed by atoms with Crippen molar-refractivity contribution < 1.29 is 8.42 Å². The molecule has 1 aliphatic heterocycles. The molecule has 0 unspecified atom stereocenters. The van der Waals surface area contributed by atoms with Crippen molar-refractivity contribution in [3.05, 3.63) is 12.3 Å². The predicted octanol–water partition coefficient (Wildman–Crippen LogP) is 0.792. The maximum absolute atomic E-state index is 11.2. The second-order valence-corrected chi connectivity index (χ2v) is 8.06. The fourth-order valence-corrected chi connectivity index (χ4v) is 4.12. The minimum atomic E-state index is -3.14. The van der Waals surface area contributed by atoms with Crippen LogP contribution in [-0.2, 0) is 10.0 Å². The fourth-order valence-electron chi connectivity index (χ4n) is 2.54. The number of piperidine rings is 1. The number of nitrogens with one attached hydrogen (secondary N) is 1. The number of nitrogens with two attached hydrogens (primary N) is 1.